The summed E-state index contributed by atoms with van der Waals surface area (Å²) in [5, 5.41) is 0. The van der Waals surface area contributed by atoms with Gasteiger partial charge in [0.05, 0.1) is 19.0 Å². The standard InChI is InChI=1S/C15H21N3O/c1-9-6-14(19-4)10(2)5-12(9)13-8-17-15(18-13)7-11(3)16/h5-6,8,11H,7,16H2,1-4H3,(H,17,18). The van der Waals surface area contributed by atoms with E-state index >= 15 is 0 Å². The van der Waals surface area contributed by atoms with Crippen LogP contribution in [0.25, 0.3) is 11.3 Å². The summed E-state index contributed by atoms with van der Waals surface area (Å²) in [6.07, 6.45) is 2.63. The van der Waals surface area contributed by atoms with Crippen molar-refractivity contribution in [1.82, 2.24) is 9.97 Å². The molecule has 2 aromatic rings. The maximum absolute atomic E-state index is 5.79. The number of aryl methyl sites for hydroxylation is 2. The number of H-pyrrole nitrogens is 1. The van der Waals surface area contributed by atoms with Gasteiger partial charge in [-0.25, -0.2) is 4.98 Å². The van der Waals surface area contributed by atoms with Gasteiger partial charge in [0, 0.05) is 18.0 Å². The largest absolute Gasteiger partial charge is 0.496 e. The van der Waals surface area contributed by atoms with Crippen molar-refractivity contribution in [3.63, 3.8) is 0 Å². The molecule has 0 aliphatic rings. The van der Waals surface area contributed by atoms with Crippen LogP contribution >= 0.6 is 0 Å². The number of hydrogen-bond donors (Lipinski definition) is 2. The van der Waals surface area contributed by atoms with Gasteiger partial charge in [0.15, 0.2) is 0 Å². The molecule has 4 nitrogen and oxygen atoms in total. The zero-order valence-corrected chi connectivity index (χ0v) is 11.9. The second-order valence-electron chi connectivity index (χ2n) is 5.06. The van der Waals surface area contributed by atoms with Crippen molar-refractivity contribution < 1.29 is 4.74 Å². The quantitative estimate of drug-likeness (QED) is 0.887. The fraction of sp³-hybridized carbons (Fsp3) is 0.400. The molecule has 1 atom stereocenters. The van der Waals surface area contributed by atoms with Crippen molar-refractivity contribution in [2.75, 3.05) is 7.11 Å². The summed E-state index contributed by atoms with van der Waals surface area (Å²) in [7, 11) is 1.69. The Hall–Kier alpha value is -1.81. The van der Waals surface area contributed by atoms with Crippen molar-refractivity contribution in [2.24, 2.45) is 5.73 Å². The number of nitrogens with one attached hydrogen (secondary N) is 1. The van der Waals surface area contributed by atoms with Crippen LogP contribution in [0.3, 0.4) is 0 Å². The van der Waals surface area contributed by atoms with Gasteiger partial charge in [0.2, 0.25) is 0 Å². The molecule has 3 N–H and O–H groups in total. The number of imidazole rings is 1. The molecule has 1 aromatic carbocycles. The third-order valence-electron chi connectivity index (χ3n) is 3.18. The van der Waals surface area contributed by atoms with E-state index in [-0.39, 0.29) is 6.04 Å². The lowest BCUT2D eigenvalue weighted by atomic mass is 10.0. The Balaban J connectivity index is 2.36. The molecule has 0 radical (unpaired) electrons. The van der Waals surface area contributed by atoms with Gasteiger partial charge >= 0.3 is 0 Å². The third kappa shape index (κ3) is 2.96. The van der Waals surface area contributed by atoms with E-state index in [9.17, 15) is 0 Å². The minimum absolute atomic E-state index is 0.109. The molecule has 0 fully saturated rings. The molecule has 0 saturated carbocycles. The molecule has 1 unspecified atom stereocenters. The Morgan fingerprint density at radius 2 is 2.05 bits per heavy atom. The van der Waals surface area contributed by atoms with E-state index in [0.29, 0.717) is 0 Å². The molecule has 1 heterocycles. The van der Waals surface area contributed by atoms with Gasteiger partial charge in [-0.3, -0.25) is 0 Å². The summed E-state index contributed by atoms with van der Waals surface area (Å²) < 4.78 is 5.33. The zero-order chi connectivity index (χ0) is 14.0. The summed E-state index contributed by atoms with van der Waals surface area (Å²) in [4.78, 5) is 7.71. The van der Waals surface area contributed by atoms with E-state index in [1.54, 1.807) is 7.11 Å². The summed E-state index contributed by atoms with van der Waals surface area (Å²) >= 11 is 0. The van der Waals surface area contributed by atoms with Crippen LogP contribution in [0.15, 0.2) is 18.3 Å². The molecule has 1 aromatic heterocycles. The van der Waals surface area contributed by atoms with Crippen LogP contribution in [0.1, 0.15) is 23.9 Å². The molecule has 0 aliphatic heterocycles. The minimum Gasteiger partial charge on any atom is -0.496 e. The first-order chi connectivity index (χ1) is 9.01. The van der Waals surface area contributed by atoms with Crippen molar-refractivity contribution in [3.8, 4) is 17.0 Å². The number of aromatic amines is 1. The molecule has 4 heteroatoms. The fourth-order valence-corrected chi connectivity index (χ4v) is 2.21. The summed E-state index contributed by atoms with van der Waals surface area (Å²) in [5.41, 5.74) is 10.3. The van der Waals surface area contributed by atoms with Crippen molar-refractivity contribution in [1.29, 1.82) is 0 Å². The van der Waals surface area contributed by atoms with Gasteiger partial charge in [-0.1, -0.05) is 0 Å². The molecule has 0 spiro atoms. The Bertz CT molecular complexity index is 573. The first-order valence-corrected chi connectivity index (χ1v) is 6.46. The maximum Gasteiger partial charge on any atom is 0.122 e. The Labute approximate surface area is 114 Å². The SMILES string of the molecule is COc1cc(C)c(-c2cnc(CC(C)N)[nH]2)cc1C. The van der Waals surface area contributed by atoms with Gasteiger partial charge in [0.1, 0.15) is 11.6 Å². The second-order valence-corrected chi connectivity index (χ2v) is 5.06. The minimum atomic E-state index is 0.109. The lowest BCUT2D eigenvalue weighted by molar-refractivity contribution is 0.411. The van der Waals surface area contributed by atoms with Crippen molar-refractivity contribution in [2.45, 2.75) is 33.2 Å². The van der Waals surface area contributed by atoms with E-state index in [1.165, 1.54) is 5.56 Å². The van der Waals surface area contributed by atoms with Crippen molar-refractivity contribution >= 4 is 0 Å². The van der Waals surface area contributed by atoms with E-state index in [0.717, 1.165) is 34.8 Å². The summed E-state index contributed by atoms with van der Waals surface area (Å²) in [5.74, 6) is 1.84. The van der Waals surface area contributed by atoms with E-state index in [2.05, 4.69) is 29.0 Å². The number of benzene rings is 1. The molecule has 19 heavy (non-hydrogen) atoms. The van der Waals surface area contributed by atoms with Gasteiger partial charge in [0.25, 0.3) is 0 Å². The Morgan fingerprint density at radius 1 is 1.32 bits per heavy atom. The number of ether oxygens (including phenoxy) is 1. The van der Waals surface area contributed by atoms with E-state index in [1.807, 2.05) is 20.0 Å². The predicted molar refractivity (Wildman–Crippen MR) is 77.4 cm³/mol. The number of rotatable bonds is 4. The van der Waals surface area contributed by atoms with Crippen LogP contribution in [-0.4, -0.2) is 23.1 Å². The smallest absolute Gasteiger partial charge is 0.122 e. The van der Waals surface area contributed by atoms with Crippen LogP contribution in [0.5, 0.6) is 5.75 Å². The van der Waals surface area contributed by atoms with Crippen LogP contribution in [0, 0.1) is 13.8 Å². The highest BCUT2D eigenvalue weighted by Crippen LogP contribution is 2.29. The van der Waals surface area contributed by atoms with Crippen LogP contribution in [0.2, 0.25) is 0 Å². The zero-order valence-electron chi connectivity index (χ0n) is 11.9. The lowest BCUT2D eigenvalue weighted by Gasteiger charge is -2.10. The molecule has 102 valence electrons. The van der Waals surface area contributed by atoms with Crippen LogP contribution < -0.4 is 10.5 Å². The number of nitrogens with two attached hydrogens (primary N) is 1. The second kappa shape index (κ2) is 5.45. The Kier molecular flexibility index (Phi) is 3.90. The average Bonchev–Trinajstić information content (AvgIpc) is 2.79. The molecule has 0 bridgehead atoms. The molecule has 2 rings (SSSR count). The van der Waals surface area contributed by atoms with Crippen molar-refractivity contribution in [3.05, 3.63) is 35.3 Å². The van der Waals surface area contributed by atoms with Crippen LogP contribution in [0.4, 0.5) is 0 Å². The third-order valence-corrected chi connectivity index (χ3v) is 3.18. The summed E-state index contributed by atoms with van der Waals surface area (Å²) in [6.45, 7) is 6.09. The van der Waals surface area contributed by atoms with E-state index < -0.39 is 0 Å². The lowest BCUT2D eigenvalue weighted by Crippen LogP contribution is -2.18. The fourth-order valence-electron chi connectivity index (χ4n) is 2.21. The molecular formula is C15H21N3O. The topological polar surface area (TPSA) is 63.9 Å². The average molecular weight is 259 g/mol. The van der Waals surface area contributed by atoms with Gasteiger partial charge in [-0.2, -0.15) is 0 Å². The number of methoxy groups -OCH3 is 1. The highest BCUT2D eigenvalue weighted by Gasteiger charge is 2.10. The predicted octanol–water partition coefficient (Wildman–Crippen LogP) is 2.59. The number of hydrogen-bond acceptors (Lipinski definition) is 3. The molecule has 0 amide bonds. The highest BCUT2D eigenvalue weighted by atomic mass is 16.5. The van der Waals surface area contributed by atoms with E-state index in [4.69, 9.17) is 10.5 Å². The molecular weight excluding hydrogens is 238 g/mol. The number of nitrogens with zero attached hydrogens (tertiary/aromatic N) is 1. The highest BCUT2D eigenvalue weighted by molar-refractivity contribution is 5.66. The molecule has 0 saturated heterocycles. The monoisotopic (exact) mass is 259 g/mol. The Morgan fingerprint density at radius 3 is 2.68 bits per heavy atom. The van der Waals surface area contributed by atoms with Gasteiger partial charge in [-0.15, -0.1) is 0 Å². The number of aromatic nitrogens is 2. The first kappa shape index (κ1) is 13.6. The summed E-state index contributed by atoms with van der Waals surface area (Å²) in [6, 6.07) is 4.28. The first-order valence-electron chi connectivity index (χ1n) is 6.46. The van der Waals surface area contributed by atoms with Gasteiger partial charge in [-0.05, 0) is 44.0 Å². The van der Waals surface area contributed by atoms with Gasteiger partial charge < -0.3 is 15.5 Å². The normalized spacial score (nSPS) is 12.5. The van der Waals surface area contributed by atoms with Crippen LogP contribution in [-0.2, 0) is 6.42 Å². The maximum atomic E-state index is 5.79. The molecule has 0 aliphatic carbocycles.